The Morgan fingerprint density at radius 1 is 1.21 bits per heavy atom. The Morgan fingerprint density at radius 3 is 2.16 bits per heavy atom. The van der Waals surface area contributed by atoms with E-state index in [2.05, 4.69) is 0 Å². The van der Waals surface area contributed by atoms with Crippen LogP contribution in [-0.4, -0.2) is 42.6 Å². The Hall–Kier alpha value is -2.04. The number of amides is 1. The summed E-state index contributed by atoms with van der Waals surface area (Å²) in [5.74, 6) is -0.311. The normalized spacial score (nSPS) is 10.1. The van der Waals surface area contributed by atoms with E-state index in [4.69, 9.17) is 9.84 Å². The van der Waals surface area contributed by atoms with E-state index in [9.17, 15) is 9.59 Å². The monoisotopic (exact) mass is 265 g/mol. The lowest BCUT2D eigenvalue weighted by Crippen LogP contribution is -2.23. The summed E-state index contributed by atoms with van der Waals surface area (Å²) in [6, 6.07) is 3.14. The van der Waals surface area contributed by atoms with Crippen LogP contribution >= 0.6 is 0 Å². The van der Waals surface area contributed by atoms with Gasteiger partial charge in [-0.1, -0.05) is 0 Å². The third-order valence-electron chi connectivity index (χ3n) is 2.77. The van der Waals surface area contributed by atoms with E-state index in [1.54, 1.807) is 40.1 Å². The molecule has 0 aromatic heterocycles. The van der Waals surface area contributed by atoms with Crippen molar-refractivity contribution in [3.8, 4) is 5.75 Å². The predicted octanol–water partition coefficient (Wildman–Crippen LogP) is 1.86. The molecule has 1 N–H and O–H groups in total. The summed E-state index contributed by atoms with van der Waals surface area (Å²) in [6.45, 7) is 3.87. The number of ether oxygens (including phenoxy) is 1. The average Bonchev–Trinajstić information content (AvgIpc) is 2.31. The molecule has 5 heteroatoms. The maximum Gasteiger partial charge on any atom is 0.335 e. The van der Waals surface area contributed by atoms with Crippen molar-refractivity contribution < 1.29 is 19.4 Å². The molecule has 0 aliphatic heterocycles. The van der Waals surface area contributed by atoms with Crippen molar-refractivity contribution >= 4 is 11.9 Å². The molecule has 0 saturated heterocycles. The van der Waals surface area contributed by atoms with Crippen LogP contribution in [0.15, 0.2) is 12.1 Å². The quantitative estimate of drug-likeness (QED) is 0.882. The van der Waals surface area contributed by atoms with Crippen LogP contribution in [0, 0.1) is 13.8 Å². The van der Waals surface area contributed by atoms with Crippen molar-refractivity contribution in [2.45, 2.75) is 20.3 Å². The molecule has 0 saturated carbocycles. The van der Waals surface area contributed by atoms with Crippen molar-refractivity contribution in [2.24, 2.45) is 0 Å². The second kappa shape index (κ2) is 6.22. The Balaban J connectivity index is 2.74. The number of nitrogens with zero attached hydrogens (tertiary/aromatic N) is 1. The zero-order valence-electron chi connectivity index (χ0n) is 11.7. The van der Waals surface area contributed by atoms with E-state index >= 15 is 0 Å². The molecule has 0 fully saturated rings. The topological polar surface area (TPSA) is 66.8 Å². The van der Waals surface area contributed by atoms with Crippen LogP contribution in [0.25, 0.3) is 0 Å². The van der Waals surface area contributed by atoms with Crippen molar-refractivity contribution in [3.05, 3.63) is 28.8 Å². The van der Waals surface area contributed by atoms with Gasteiger partial charge in [0.15, 0.2) is 0 Å². The third-order valence-corrected chi connectivity index (χ3v) is 2.77. The van der Waals surface area contributed by atoms with Crippen LogP contribution in [0.2, 0.25) is 0 Å². The first kappa shape index (κ1) is 15.0. The number of aryl methyl sites for hydroxylation is 2. The summed E-state index contributed by atoms with van der Waals surface area (Å²) in [6.07, 6.45) is 0.298. The Kier molecular flexibility index (Phi) is 4.92. The molecule has 0 radical (unpaired) electrons. The van der Waals surface area contributed by atoms with Crippen LogP contribution in [0.1, 0.15) is 27.9 Å². The lowest BCUT2D eigenvalue weighted by atomic mass is 10.1. The SMILES string of the molecule is Cc1cc(C(=O)O)cc(C)c1OCCC(=O)N(C)C. The van der Waals surface area contributed by atoms with Crippen molar-refractivity contribution in [2.75, 3.05) is 20.7 Å². The summed E-state index contributed by atoms with van der Waals surface area (Å²) < 4.78 is 5.58. The minimum absolute atomic E-state index is 0.00235. The zero-order chi connectivity index (χ0) is 14.6. The maximum atomic E-state index is 11.4. The molecule has 0 bridgehead atoms. The number of hydrogen-bond acceptors (Lipinski definition) is 3. The van der Waals surface area contributed by atoms with Crippen molar-refractivity contribution in [1.82, 2.24) is 4.90 Å². The molecule has 0 spiro atoms. The minimum atomic E-state index is -0.958. The van der Waals surface area contributed by atoms with E-state index in [1.165, 1.54) is 4.90 Å². The Morgan fingerprint density at radius 2 is 1.74 bits per heavy atom. The molecule has 5 nitrogen and oxygen atoms in total. The van der Waals surface area contributed by atoms with E-state index in [1.807, 2.05) is 0 Å². The molecule has 0 heterocycles. The maximum absolute atomic E-state index is 11.4. The lowest BCUT2D eigenvalue weighted by molar-refractivity contribution is -0.129. The molecule has 1 rings (SSSR count). The van der Waals surface area contributed by atoms with Crippen LogP contribution in [0.5, 0.6) is 5.75 Å². The van der Waals surface area contributed by atoms with E-state index < -0.39 is 5.97 Å². The van der Waals surface area contributed by atoms with Gasteiger partial charge in [-0.15, -0.1) is 0 Å². The third kappa shape index (κ3) is 3.98. The van der Waals surface area contributed by atoms with Gasteiger partial charge in [0.1, 0.15) is 5.75 Å². The fraction of sp³-hybridized carbons (Fsp3) is 0.429. The Bertz CT molecular complexity index is 471. The van der Waals surface area contributed by atoms with Crippen LogP contribution < -0.4 is 4.74 Å². The number of benzene rings is 1. The molecule has 1 aromatic rings. The van der Waals surface area contributed by atoms with Gasteiger partial charge in [-0.3, -0.25) is 4.79 Å². The number of carbonyl (C=O) groups is 2. The van der Waals surface area contributed by atoms with Gasteiger partial charge in [0, 0.05) is 14.1 Å². The number of rotatable bonds is 5. The second-order valence-corrected chi connectivity index (χ2v) is 4.63. The highest BCUT2D eigenvalue weighted by Gasteiger charge is 2.11. The van der Waals surface area contributed by atoms with E-state index in [-0.39, 0.29) is 18.1 Å². The van der Waals surface area contributed by atoms with Crippen molar-refractivity contribution in [1.29, 1.82) is 0 Å². The number of carboxylic acids is 1. The van der Waals surface area contributed by atoms with Crippen LogP contribution in [-0.2, 0) is 4.79 Å². The second-order valence-electron chi connectivity index (χ2n) is 4.63. The van der Waals surface area contributed by atoms with Gasteiger partial charge >= 0.3 is 5.97 Å². The standard InChI is InChI=1S/C14H19NO4/c1-9-7-11(14(17)18)8-10(2)13(9)19-6-5-12(16)15(3)4/h7-8H,5-6H2,1-4H3,(H,17,18). The summed E-state index contributed by atoms with van der Waals surface area (Å²) in [5, 5.41) is 8.94. The molecule has 0 unspecified atom stereocenters. The van der Waals surface area contributed by atoms with Gasteiger partial charge in [-0.2, -0.15) is 0 Å². The molecule has 0 aliphatic carbocycles. The van der Waals surface area contributed by atoms with E-state index in [0.29, 0.717) is 12.2 Å². The van der Waals surface area contributed by atoms with Gasteiger partial charge in [0.2, 0.25) is 5.91 Å². The molecule has 0 atom stereocenters. The Labute approximate surface area is 112 Å². The number of aromatic carboxylic acids is 1. The number of carbonyl (C=O) groups excluding carboxylic acids is 1. The highest BCUT2D eigenvalue weighted by atomic mass is 16.5. The number of hydrogen-bond donors (Lipinski definition) is 1. The number of carboxylic acid groups (broad SMARTS) is 1. The summed E-state index contributed by atoms with van der Waals surface area (Å²) in [4.78, 5) is 23.8. The van der Waals surface area contributed by atoms with Crippen LogP contribution in [0.4, 0.5) is 0 Å². The molecule has 0 aliphatic rings. The van der Waals surface area contributed by atoms with Gasteiger partial charge in [0.05, 0.1) is 18.6 Å². The lowest BCUT2D eigenvalue weighted by Gasteiger charge is -2.14. The van der Waals surface area contributed by atoms with Crippen molar-refractivity contribution in [3.63, 3.8) is 0 Å². The molecule has 19 heavy (non-hydrogen) atoms. The highest BCUT2D eigenvalue weighted by molar-refractivity contribution is 5.88. The summed E-state index contributed by atoms with van der Waals surface area (Å²) in [5.41, 5.74) is 1.76. The van der Waals surface area contributed by atoms with Crippen LogP contribution in [0.3, 0.4) is 0 Å². The molecular formula is C14H19NO4. The zero-order valence-corrected chi connectivity index (χ0v) is 11.7. The molecule has 1 aromatic carbocycles. The van der Waals surface area contributed by atoms with Gasteiger partial charge in [-0.05, 0) is 37.1 Å². The van der Waals surface area contributed by atoms with Gasteiger partial charge in [0.25, 0.3) is 0 Å². The summed E-state index contributed by atoms with van der Waals surface area (Å²) in [7, 11) is 3.39. The van der Waals surface area contributed by atoms with E-state index in [0.717, 1.165) is 11.1 Å². The fourth-order valence-electron chi connectivity index (χ4n) is 1.77. The fourth-order valence-corrected chi connectivity index (χ4v) is 1.77. The highest BCUT2D eigenvalue weighted by Crippen LogP contribution is 2.25. The van der Waals surface area contributed by atoms with Gasteiger partial charge < -0.3 is 14.7 Å². The first-order chi connectivity index (χ1) is 8.82. The minimum Gasteiger partial charge on any atom is -0.493 e. The largest absolute Gasteiger partial charge is 0.493 e. The molecule has 1 amide bonds. The summed E-state index contributed by atoms with van der Waals surface area (Å²) >= 11 is 0. The first-order valence-electron chi connectivity index (χ1n) is 6.00. The predicted molar refractivity (Wildman–Crippen MR) is 71.7 cm³/mol. The molecular weight excluding hydrogens is 246 g/mol. The average molecular weight is 265 g/mol. The first-order valence-corrected chi connectivity index (χ1v) is 6.00. The van der Waals surface area contributed by atoms with Gasteiger partial charge in [-0.25, -0.2) is 4.79 Å². The molecule has 104 valence electrons. The smallest absolute Gasteiger partial charge is 0.335 e.